The number of hydrogen-bond donors (Lipinski definition) is 0. The van der Waals surface area contributed by atoms with E-state index in [9.17, 15) is 0 Å². The average Bonchev–Trinajstić information content (AvgIpc) is 2.46. The van der Waals surface area contributed by atoms with E-state index in [4.69, 9.17) is 0 Å². The van der Waals surface area contributed by atoms with Crippen LogP contribution in [0.15, 0.2) is 48.5 Å². The first-order valence-corrected chi connectivity index (χ1v) is 7.56. The van der Waals surface area contributed by atoms with Gasteiger partial charge in [0.15, 0.2) is 0 Å². The second kappa shape index (κ2) is 5.80. The van der Waals surface area contributed by atoms with Gasteiger partial charge < -0.3 is 4.90 Å². The molecule has 20 heavy (non-hydrogen) atoms. The summed E-state index contributed by atoms with van der Waals surface area (Å²) in [5, 5.41) is 0. The fourth-order valence-corrected chi connectivity index (χ4v) is 3.37. The van der Waals surface area contributed by atoms with Crippen LogP contribution in [-0.4, -0.2) is 25.5 Å². The van der Waals surface area contributed by atoms with Gasteiger partial charge in [0, 0.05) is 5.92 Å². The van der Waals surface area contributed by atoms with Crippen LogP contribution < -0.4 is 0 Å². The van der Waals surface area contributed by atoms with E-state index in [1.54, 1.807) is 11.1 Å². The average molecular weight is 265 g/mol. The Morgan fingerprint density at radius 3 is 2.00 bits per heavy atom. The van der Waals surface area contributed by atoms with E-state index in [1.165, 1.54) is 30.5 Å². The summed E-state index contributed by atoms with van der Waals surface area (Å²) in [6.07, 6.45) is 3.59. The molecule has 0 amide bonds. The zero-order chi connectivity index (χ0) is 13.9. The molecule has 0 aliphatic heterocycles. The third-order valence-corrected chi connectivity index (χ3v) is 4.34. The van der Waals surface area contributed by atoms with Gasteiger partial charge in [0.1, 0.15) is 0 Å². The molecular weight excluding hydrogens is 242 g/mol. The van der Waals surface area contributed by atoms with Gasteiger partial charge >= 0.3 is 0 Å². The Morgan fingerprint density at radius 2 is 1.45 bits per heavy atom. The zero-order valence-corrected chi connectivity index (χ0v) is 12.5. The topological polar surface area (TPSA) is 3.24 Å². The lowest BCUT2D eigenvalue weighted by molar-refractivity contribution is 0.389. The summed E-state index contributed by atoms with van der Waals surface area (Å²) < 4.78 is 0. The monoisotopic (exact) mass is 265 g/mol. The van der Waals surface area contributed by atoms with Gasteiger partial charge in [-0.3, -0.25) is 0 Å². The van der Waals surface area contributed by atoms with Crippen molar-refractivity contribution in [2.75, 3.05) is 20.6 Å². The van der Waals surface area contributed by atoms with Crippen molar-refractivity contribution in [3.8, 4) is 0 Å². The van der Waals surface area contributed by atoms with Crippen LogP contribution in [0.2, 0.25) is 0 Å². The van der Waals surface area contributed by atoms with Gasteiger partial charge in [0.05, 0.1) is 0 Å². The van der Waals surface area contributed by atoms with Crippen molar-refractivity contribution >= 4 is 0 Å². The van der Waals surface area contributed by atoms with Crippen molar-refractivity contribution in [1.82, 2.24) is 4.90 Å². The Bertz CT molecular complexity index is 540. The lowest BCUT2D eigenvalue weighted by Crippen LogP contribution is -2.17. The normalized spacial score (nSPS) is 14.2. The molecule has 0 unspecified atom stereocenters. The van der Waals surface area contributed by atoms with Crippen LogP contribution in [0, 0.1) is 0 Å². The first kappa shape index (κ1) is 13.4. The van der Waals surface area contributed by atoms with E-state index >= 15 is 0 Å². The highest BCUT2D eigenvalue weighted by Gasteiger charge is 2.24. The number of nitrogens with zero attached hydrogens (tertiary/aromatic N) is 1. The minimum atomic E-state index is 0.580. The smallest absolute Gasteiger partial charge is 0.00955 e. The van der Waals surface area contributed by atoms with Crippen molar-refractivity contribution in [2.45, 2.75) is 25.2 Å². The van der Waals surface area contributed by atoms with E-state index in [0.717, 1.165) is 6.42 Å². The largest absolute Gasteiger partial charge is 0.309 e. The fraction of sp³-hybridized carbons (Fsp3) is 0.368. The molecule has 0 radical (unpaired) electrons. The molecule has 0 fully saturated rings. The molecular formula is C19H23N. The Kier molecular flexibility index (Phi) is 3.88. The second-order valence-corrected chi connectivity index (χ2v) is 6.07. The van der Waals surface area contributed by atoms with Gasteiger partial charge in [-0.15, -0.1) is 0 Å². The maximum absolute atomic E-state index is 2.33. The molecule has 1 aliphatic rings. The van der Waals surface area contributed by atoms with Gasteiger partial charge in [-0.25, -0.2) is 0 Å². The highest BCUT2D eigenvalue weighted by molar-refractivity contribution is 5.48. The number of fused-ring (bicyclic) bond motifs is 2. The molecule has 0 saturated carbocycles. The predicted molar refractivity (Wildman–Crippen MR) is 85.3 cm³/mol. The lowest BCUT2D eigenvalue weighted by Gasteiger charge is -2.29. The minimum Gasteiger partial charge on any atom is -0.309 e. The molecule has 0 bridgehead atoms. The summed E-state index contributed by atoms with van der Waals surface area (Å²) >= 11 is 0. The highest BCUT2D eigenvalue weighted by atomic mass is 15.0. The second-order valence-electron chi connectivity index (χ2n) is 6.07. The van der Waals surface area contributed by atoms with Gasteiger partial charge in [0.2, 0.25) is 0 Å². The van der Waals surface area contributed by atoms with E-state index in [0.29, 0.717) is 5.92 Å². The van der Waals surface area contributed by atoms with Gasteiger partial charge in [-0.1, -0.05) is 48.5 Å². The standard InChI is InChI=1S/C19H23N/c1-20(2)13-7-12-19-17-10-5-3-8-15(17)14-16-9-4-6-11-18(16)19/h3-6,8-11,19H,7,12-14H2,1-2H3. The molecule has 2 aromatic carbocycles. The molecule has 1 aliphatic carbocycles. The van der Waals surface area contributed by atoms with Crippen LogP contribution >= 0.6 is 0 Å². The molecule has 3 rings (SSSR count). The van der Waals surface area contributed by atoms with E-state index < -0.39 is 0 Å². The maximum atomic E-state index is 2.33. The molecule has 1 nitrogen and oxygen atoms in total. The summed E-state index contributed by atoms with van der Waals surface area (Å²) in [6, 6.07) is 18.0. The first-order chi connectivity index (χ1) is 9.75. The summed E-state index contributed by atoms with van der Waals surface area (Å²) in [7, 11) is 4.31. The molecule has 104 valence electrons. The predicted octanol–water partition coefficient (Wildman–Crippen LogP) is 4.06. The van der Waals surface area contributed by atoms with Crippen LogP contribution in [0.5, 0.6) is 0 Å². The van der Waals surface area contributed by atoms with Crippen molar-refractivity contribution in [3.63, 3.8) is 0 Å². The third-order valence-electron chi connectivity index (χ3n) is 4.34. The van der Waals surface area contributed by atoms with Crippen molar-refractivity contribution in [1.29, 1.82) is 0 Å². The Labute approximate surface area is 122 Å². The highest BCUT2D eigenvalue weighted by Crippen LogP contribution is 2.39. The lowest BCUT2D eigenvalue weighted by atomic mass is 9.76. The van der Waals surface area contributed by atoms with Crippen molar-refractivity contribution < 1.29 is 0 Å². The molecule has 0 N–H and O–H groups in total. The van der Waals surface area contributed by atoms with E-state index in [1.807, 2.05) is 0 Å². The Balaban J connectivity index is 1.91. The van der Waals surface area contributed by atoms with Crippen LogP contribution in [0.3, 0.4) is 0 Å². The van der Waals surface area contributed by atoms with Gasteiger partial charge in [-0.2, -0.15) is 0 Å². The van der Waals surface area contributed by atoms with Crippen LogP contribution in [0.4, 0.5) is 0 Å². The summed E-state index contributed by atoms with van der Waals surface area (Å²) in [5.41, 5.74) is 6.12. The molecule has 0 saturated heterocycles. The van der Waals surface area contributed by atoms with Crippen LogP contribution in [0.25, 0.3) is 0 Å². The molecule has 2 aromatic rings. The molecule has 0 spiro atoms. The van der Waals surface area contributed by atoms with Gasteiger partial charge in [-0.05, 0) is 62.2 Å². The van der Waals surface area contributed by atoms with E-state index in [-0.39, 0.29) is 0 Å². The minimum absolute atomic E-state index is 0.580. The number of hydrogen-bond acceptors (Lipinski definition) is 1. The number of rotatable bonds is 4. The van der Waals surface area contributed by atoms with Crippen molar-refractivity contribution in [2.24, 2.45) is 0 Å². The summed E-state index contributed by atoms with van der Waals surface area (Å²) in [6.45, 7) is 1.17. The van der Waals surface area contributed by atoms with Crippen LogP contribution in [-0.2, 0) is 6.42 Å². The summed E-state index contributed by atoms with van der Waals surface area (Å²) in [5.74, 6) is 0.580. The Hall–Kier alpha value is -1.60. The SMILES string of the molecule is CN(C)CCCC1c2ccccc2Cc2ccccc21. The van der Waals surface area contributed by atoms with Crippen molar-refractivity contribution in [3.05, 3.63) is 70.8 Å². The molecule has 0 aromatic heterocycles. The Morgan fingerprint density at radius 1 is 0.900 bits per heavy atom. The zero-order valence-electron chi connectivity index (χ0n) is 12.5. The maximum Gasteiger partial charge on any atom is 0.00955 e. The quantitative estimate of drug-likeness (QED) is 0.805. The number of benzene rings is 2. The van der Waals surface area contributed by atoms with E-state index in [2.05, 4.69) is 67.5 Å². The molecule has 0 heterocycles. The van der Waals surface area contributed by atoms with Gasteiger partial charge in [0.25, 0.3) is 0 Å². The third kappa shape index (κ3) is 2.64. The first-order valence-electron chi connectivity index (χ1n) is 7.56. The fourth-order valence-electron chi connectivity index (χ4n) is 3.37. The molecule has 0 atom stereocenters. The molecule has 1 heteroatoms. The summed E-state index contributed by atoms with van der Waals surface area (Å²) in [4.78, 5) is 2.28. The van der Waals surface area contributed by atoms with Crippen LogP contribution in [0.1, 0.15) is 41.0 Å².